The first-order chi connectivity index (χ1) is 9.56. The van der Waals surface area contributed by atoms with Gasteiger partial charge in [0.25, 0.3) is 15.9 Å². The Labute approximate surface area is 115 Å². The van der Waals surface area contributed by atoms with Crippen molar-refractivity contribution in [3.8, 4) is 0 Å². The number of sulfonamides is 1. The van der Waals surface area contributed by atoms with Crippen LogP contribution >= 0.6 is 0 Å². The van der Waals surface area contributed by atoms with Gasteiger partial charge in [0, 0.05) is 12.1 Å². The lowest BCUT2D eigenvalue weighted by atomic mass is 10.0. The molecule has 1 amide bonds. The Morgan fingerprint density at radius 1 is 1.35 bits per heavy atom. The van der Waals surface area contributed by atoms with Crippen LogP contribution in [0.4, 0.5) is 5.69 Å². The van der Waals surface area contributed by atoms with Gasteiger partial charge in [0.1, 0.15) is 12.0 Å². The van der Waals surface area contributed by atoms with E-state index in [1.165, 1.54) is 24.6 Å². The summed E-state index contributed by atoms with van der Waals surface area (Å²) in [5.74, 6) is -0.256. The quantitative estimate of drug-likeness (QED) is 0.870. The van der Waals surface area contributed by atoms with E-state index in [1.807, 2.05) is 0 Å². The Kier molecular flexibility index (Phi) is 2.94. The van der Waals surface area contributed by atoms with Gasteiger partial charge in [-0.3, -0.25) is 9.52 Å². The molecular weight excluding hydrogens is 282 g/mol. The molecule has 1 aliphatic rings. The summed E-state index contributed by atoms with van der Waals surface area (Å²) in [6, 6.07) is 4.52. The molecule has 104 valence electrons. The molecule has 7 nitrogen and oxygen atoms in total. The molecule has 1 aromatic carbocycles. The number of anilines is 1. The van der Waals surface area contributed by atoms with Gasteiger partial charge in [-0.2, -0.15) is 0 Å². The number of aromatic nitrogens is 1. The molecule has 20 heavy (non-hydrogen) atoms. The molecule has 1 aromatic heterocycles. The molecule has 0 spiro atoms. The van der Waals surface area contributed by atoms with E-state index in [9.17, 15) is 13.2 Å². The Morgan fingerprint density at radius 2 is 2.20 bits per heavy atom. The highest BCUT2D eigenvalue weighted by molar-refractivity contribution is 7.92. The van der Waals surface area contributed by atoms with Gasteiger partial charge in [0.05, 0.1) is 11.1 Å². The van der Waals surface area contributed by atoms with Crippen LogP contribution in [0, 0.1) is 0 Å². The number of nitrogens with one attached hydrogen (secondary N) is 2. The first-order valence-corrected chi connectivity index (χ1v) is 7.38. The fraction of sp³-hybridized carbons (Fsp3) is 0.167. The summed E-state index contributed by atoms with van der Waals surface area (Å²) in [5, 5.41) is 6.10. The Hall–Kier alpha value is -2.35. The average molecular weight is 293 g/mol. The molecule has 0 bridgehead atoms. The van der Waals surface area contributed by atoms with E-state index < -0.39 is 10.0 Å². The minimum absolute atomic E-state index is 0.0227. The predicted molar refractivity (Wildman–Crippen MR) is 69.8 cm³/mol. The molecule has 0 saturated carbocycles. The average Bonchev–Trinajstić information content (AvgIpc) is 2.91. The third-order valence-corrected chi connectivity index (χ3v) is 4.38. The van der Waals surface area contributed by atoms with Crippen molar-refractivity contribution in [3.63, 3.8) is 0 Å². The second-order valence-electron chi connectivity index (χ2n) is 4.34. The molecule has 2 N–H and O–H groups in total. The van der Waals surface area contributed by atoms with Crippen molar-refractivity contribution in [2.24, 2.45) is 0 Å². The summed E-state index contributed by atoms with van der Waals surface area (Å²) < 4.78 is 31.2. The van der Waals surface area contributed by atoms with Crippen LogP contribution < -0.4 is 10.0 Å². The van der Waals surface area contributed by atoms with Crippen LogP contribution in [0.25, 0.3) is 0 Å². The predicted octanol–water partition coefficient (Wildman–Crippen LogP) is 0.761. The fourth-order valence-electron chi connectivity index (χ4n) is 2.03. The van der Waals surface area contributed by atoms with Crippen molar-refractivity contribution in [1.82, 2.24) is 10.5 Å². The Morgan fingerprint density at radius 3 is 2.95 bits per heavy atom. The van der Waals surface area contributed by atoms with Gasteiger partial charge in [-0.15, -0.1) is 0 Å². The molecule has 0 aliphatic carbocycles. The SMILES string of the molecule is O=C1NCCc2ccc(S(=O)(=O)Nc3cnoc3)cc21. The van der Waals surface area contributed by atoms with Crippen molar-refractivity contribution in [2.45, 2.75) is 11.3 Å². The van der Waals surface area contributed by atoms with E-state index in [4.69, 9.17) is 0 Å². The standard InChI is InChI=1S/C12H11N3O4S/c16-12-11-5-10(2-1-8(11)3-4-13-12)20(17,18)15-9-6-14-19-7-9/h1-2,5-7,15H,3-4H2,(H,13,16). The molecular formula is C12H11N3O4S. The second kappa shape index (κ2) is 4.64. The zero-order valence-electron chi connectivity index (χ0n) is 10.3. The molecule has 0 saturated heterocycles. The molecule has 0 unspecified atom stereocenters. The van der Waals surface area contributed by atoms with E-state index >= 15 is 0 Å². The number of hydrogen-bond donors (Lipinski definition) is 2. The maximum absolute atomic E-state index is 12.2. The molecule has 2 heterocycles. The summed E-state index contributed by atoms with van der Waals surface area (Å²) >= 11 is 0. The topological polar surface area (TPSA) is 101 Å². The van der Waals surface area contributed by atoms with Gasteiger partial charge < -0.3 is 9.84 Å². The minimum atomic E-state index is -3.77. The summed E-state index contributed by atoms with van der Waals surface area (Å²) in [5.41, 5.74) is 1.47. The van der Waals surface area contributed by atoms with Crippen LogP contribution in [0.5, 0.6) is 0 Å². The number of benzene rings is 1. The van der Waals surface area contributed by atoms with E-state index in [1.54, 1.807) is 6.07 Å². The van der Waals surface area contributed by atoms with Crippen LogP contribution in [0.3, 0.4) is 0 Å². The highest BCUT2D eigenvalue weighted by Crippen LogP contribution is 2.21. The Balaban J connectivity index is 1.98. The third-order valence-electron chi connectivity index (χ3n) is 3.00. The van der Waals surface area contributed by atoms with Crippen molar-refractivity contribution in [2.75, 3.05) is 11.3 Å². The van der Waals surface area contributed by atoms with Gasteiger partial charge in [0.2, 0.25) is 0 Å². The zero-order chi connectivity index (χ0) is 14.2. The van der Waals surface area contributed by atoms with Crippen LogP contribution in [-0.2, 0) is 16.4 Å². The first-order valence-electron chi connectivity index (χ1n) is 5.89. The van der Waals surface area contributed by atoms with Gasteiger partial charge in [-0.25, -0.2) is 8.42 Å². The summed E-state index contributed by atoms with van der Waals surface area (Å²) in [6.45, 7) is 0.566. The van der Waals surface area contributed by atoms with Crippen molar-refractivity contribution >= 4 is 21.6 Å². The van der Waals surface area contributed by atoms with E-state index in [0.29, 0.717) is 18.5 Å². The molecule has 0 fully saturated rings. The number of carbonyl (C=O) groups excluding carboxylic acids is 1. The number of hydrogen-bond acceptors (Lipinski definition) is 5. The van der Waals surface area contributed by atoms with E-state index in [0.717, 1.165) is 5.56 Å². The summed E-state index contributed by atoms with van der Waals surface area (Å²) in [4.78, 5) is 11.8. The summed E-state index contributed by atoms with van der Waals surface area (Å²) in [7, 11) is -3.77. The monoisotopic (exact) mass is 293 g/mol. The molecule has 2 aromatic rings. The Bertz CT molecular complexity index is 753. The largest absolute Gasteiger partial charge is 0.362 e. The lowest BCUT2D eigenvalue weighted by Crippen LogP contribution is -2.32. The van der Waals surface area contributed by atoms with Crippen LogP contribution in [0.1, 0.15) is 15.9 Å². The highest BCUT2D eigenvalue weighted by atomic mass is 32.2. The van der Waals surface area contributed by atoms with Gasteiger partial charge in [-0.1, -0.05) is 11.2 Å². The van der Waals surface area contributed by atoms with E-state index in [2.05, 4.69) is 19.7 Å². The smallest absolute Gasteiger partial charge is 0.262 e. The first kappa shape index (κ1) is 12.7. The number of rotatable bonds is 3. The zero-order valence-corrected chi connectivity index (χ0v) is 11.1. The lowest BCUT2D eigenvalue weighted by molar-refractivity contribution is 0.0946. The number of fused-ring (bicyclic) bond motifs is 1. The van der Waals surface area contributed by atoms with Crippen LogP contribution in [0.15, 0.2) is 40.1 Å². The number of amides is 1. The van der Waals surface area contributed by atoms with Crippen molar-refractivity contribution in [3.05, 3.63) is 41.8 Å². The van der Waals surface area contributed by atoms with Gasteiger partial charge in [-0.05, 0) is 24.1 Å². The van der Waals surface area contributed by atoms with Gasteiger partial charge in [0.15, 0.2) is 0 Å². The number of nitrogens with zero attached hydrogens (tertiary/aromatic N) is 1. The molecule has 0 atom stereocenters. The highest BCUT2D eigenvalue weighted by Gasteiger charge is 2.21. The molecule has 1 aliphatic heterocycles. The third kappa shape index (κ3) is 2.25. The maximum atomic E-state index is 12.2. The second-order valence-corrected chi connectivity index (χ2v) is 6.03. The van der Waals surface area contributed by atoms with E-state index in [-0.39, 0.29) is 16.5 Å². The lowest BCUT2D eigenvalue weighted by Gasteiger charge is -2.17. The van der Waals surface area contributed by atoms with Gasteiger partial charge >= 0.3 is 0 Å². The van der Waals surface area contributed by atoms with Crippen molar-refractivity contribution < 1.29 is 17.7 Å². The van der Waals surface area contributed by atoms with Crippen LogP contribution in [-0.4, -0.2) is 26.0 Å². The molecule has 8 heteroatoms. The van der Waals surface area contributed by atoms with Crippen LogP contribution in [0.2, 0.25) is 0 Å². The summed E-state index contributed by atoms with van der Waals surface area (Å²) in [6.07, 6.45) is 3.13. The minimum Gasteiger partial charge on any atom is -0.362 e. The van der Waals surface area contributed by atoms with Crippen molar-refractivity contribution in [1.29, 1.82) is 0 Å². The number of carbonyl (C=O) groups is 1. The normalized spacial score (nSPS) is 14.5. The fourth-order valence-corrected chi connectivity index (χ4v) is 3.08. The molecule has 3 rings (SSSR count). The maximum Gasteiger partial charge on any atom is 0.262 e. The molecule has 0 radical (unpaired) electrons.